The first-order valence-electron chi connectivity index (χ1n) is 6.84. The SMILES string of the molecule is Nc1nc(Cl)nc2c1ncn2Cc1cccc(-c2ccco2)n1. The van der Waals surface area contributed by atoms with Crippen molar-refractivity contribution in [3.63, 3.8) is 0 Å². The van der Waals surface area contributed by atoms with Crippen molar-refractivity contribution >= 4 is 28.6 Å². The highest BCUT2D eigenvalue weighted by atomic mass is 35.5. The van der Waals surface area contributed by atoms with Gasteiger partial charge >= 0.3 is 0 Å². The molecule has 0 unspecified atom stereocenters. The fourth-order valence-corrected chi connectivity index (χ4v) is 2.53. The normalized spacial score (nSPS) is 11.2. The van der Waals surface area contributed by atoms with Crippen LogP contribution in [0.25, 0.3) is 22.6 Å². The number of hydrogen-bond donors (Lipinski definition) is 1. The van der Waals surface area contributed by atoms with Crippen molar-refractivity contribution in [2.24, 2.45) is 0 Å². The number of nitrogen functional groups attached to an aromatic ring is 1. The van der Waals surface area contributed by atoms with Crippen molar-refractivity contribution in [2.45, 2.75) is 6.54 Å². The van der Waals surface area contributed by atoms with Gasteiger partial charge in [-0.3, -0.25) is 0 Å². The van der Waals surface area contributed by atoms with Gasteiger partial charge in [0.05, 0.1) is 24.8 Å². The van der Waals surface area contributed by atoms with Crippen molar-refractivity contribution in [3.05, 3.63) is 53.9 Å². The second-order valence-corrected chi connectivity index (χ2v) is 5.25. The highest BCUT2D eigenvalue weighted by Crippen LogP contribution is 2.20. The van der Waals surface area contributed by atoms with E-state index in [9.17, 15) is 0 Å². The van der Waals surface area contributed by atoms with Crippen LogP contribution < -0.4 is 5.73 Å². The number of halogens is 1. The van der Waals surface area contributed by atoms with Crippen LogP contribution in [0.4, 0.5) is 5.82 Å². The third-order valence-electron chi connectivity index (χ3n) is 3.38. The molecule has 0 radical (unpaired) electrons. The maximum absolute atomic E-state index is 5.88. The van der Waals surface area contributed by atoms with Gasteiger partial charge in [0.15, 0.2) is 17.2 Å². The van der Waals surface area contributed by atoms with E-state index in [0.29, 0.717) is 17.7 Å². The highest BCUT2D eigenvalue weighted by Gasteiger charge is 2.11. The third kappa shape index (κ3) is 2.51. The average Bonchev–Trinajstić information content (AvgIpc) is 3.18. The smallest absolute Gasteiger partial charge is 0.226 e. The minimum absolute atomic E-state index is 0.0917. The van der Waals surface area contributed by atoms with E-state index in [1.807, 2.05) is 34.9 Å². The third-order valence-corrected chi connectivity index (χ3v) is 3.55. The van der Waals surface area contributed by atoms with E-state index in [1.54, 1.807) is 12.6 Å². The van der Waals surface area contributed by atoms with E-state index in [1.165, 1.54) is 0 Å². The molecule has 0 fully saturated rings. The molecule has 2 N–H and O–H groups in total. The minimum atomic E-state index is 0.0917. The largest absolute Gasteiger partial charge is 0.463 e. The topological polar surface area (TPSA) is 95.7 Å². The van der Waals surface area contributed by atoms with Gasteiger partial charge in [-0.1, -0.05) is 6.07 Å². The predicted molar refractivity (Wildman–Crippen MR) is 85.8 cm³/mol. The minimum Gasteiger partial charge on any atom is -0.463 e. The maximum atomic E-state index is 5.88. The van der Waals surface area contributed by atoms with Crippen LogP contribution in [0, 0.1) is 0 Å². The van der Waals surface area contributed by atoms with Crippen molar-refractivity contribution in [1.29, 1.82) is 0 Å². The first-order chi connectivity index (χ1) is 11.2. The van der Waals surface area contributed by atoms with E-state index in [-0.39, 0.29) is 11.1 Å². The standard InChI is InChI=1S/C15H11ClN6O/c16-15-20-13(17)12-14(21-15)22(8-18-12)7-9-3-1-4-10(19-9)11-5-2-6-23-11/h1-6,8H,7H2,(H2,17,20,21). The molecule has 7 nitrogen and oxygen atoms in total. The molecule has 23 heavy (non-hydrogen) atoms. The Labute approximate surface area is 135 Å². The summed E-state index contributed by atoms with van der Waals surface area (Å²) in [7, 11) is 0. The number of nitrogens with zero attached hydrogens (tertiary/aromatic N) is 5. The molecule has 4 aromatic heterocycles. The Hall–Kier alpha value is -2.93. The molecule has 0 amide bonds. The number of hydrogen-bond acceptors (Lipinski definition) is 6. The lowest BCUT2D eigenvalue weighted by Gasteiger charge is -2.05. The molecule has 0 aromatic carbocycles. The monoisotopic (exact) mass is 326 g/mol. The van der Waals surface area contributed by atoms with Gasteiger partial charge in [-0.15, -0.1) is 0 Å². The highest BCUT2D eigenvalue weighted by molar-refractivity contribution is 6.28. The van der Waals surface area contributed by atoms with Crippen LogP contribution >= 0.6 is 11.6 Å². The van der Waals surface area contributed by atoms with Gasteiger partial charge in [-0.25, -0.2) is 9.97 Å². The summed E-state index contributed by atoms with van der Waals surface area (Å²) in [5.41, 5.74) is 8.52. The molecule has 0 aliphatic carbocycles. The van der Waals surface area contributed by atoms with Crippen molar-refractivity contribution in [2.75, 3.05) is 5.73 Å². The molecule has 114 valence electrons. The van der Waals surface area contributed by atoms with Crippen molar-refractivity contribution in [1.82, 2.24) is 24.5 Å². The Morgan fingerprint density at radius 3 is 2.87 bits per heavy atom. The number of nitrogens with two attached hydrogens (primary N) is 1. The van der Waals surface area contributed by atoms with Gasteiger partial charge in [-0.05, 0) is 35.9 Å². The van der Waals surface area contributed by atoms with E-state index < -0.39 is 0 Å². The second kappa shape index (κ2) is 5.36. The predicted octanol–water partition coefficient (Wildman–Crippen LogP) is 2.77. The molecule has 0 spiro atoms. The lowest BCUT2D eigenvalue weighted by Crippen LogP contribution is -2.03. The van der Waals surface area contributed by atoms with Crippen molar-refractivity contribution in [3.8, 4) is 11.5 Å². The zero-order valence-electron chi connectivity index (χ0n) is 11.8. The number of furan rings is 1. The zero-order chi connectivity index (χ0) is 15.8. The Bertz CT molecular complexity index is 979. The lowest BCUT2D eigenvalue weighted by molar-refractivity contribution is 0.579. The van der Waals surface area contributed by atoms with E-state index in [0.717, 1.165) is 17.1 Å². The van der Waals surface area contributed by atoms with Crippen LogP contribution in [0.15, 0.2) is 47.3 Å². The number of rotatable bonds is 3. The second-order valence-electron chi connectivity index (χ2n) is 4.91. The van der Waals surface area contributed by atoms with E-state index in [2.05, 4.69) is 19.9 Å². The summed E-state index contributed by atoms with van der Waals surface area (Å²) in [6.45, 7) is 0.484. The van der Waals surface area contributed by atoms with E-state index >= 15 is 0 Å². The van der Waals surface area contributed by atoms with Gasteiger partial charge in [0.2, 0.25) is 5.28 Å². The molecule has 4 aromatic rings. The summed E-state index contributed by atoms with van der Waals surface area (Å²) in [5.74, 6) is 0.980. The number of fused-ring (bicyclic) bond motifs is 1. The molecule has 0 saturated heterocycles. The van der Waals surface area contributed by atoms with Gasteiger partial charge in [-0.2, -0.15) is 9.97 Å². The van der Waals surface area contributed by atoms with Crippen LogP contribution in [-0.4, -0.2) is 24.5 Å². The zero-order valence-corrected chi connectivity index (χ0v) is 12.6. The summed E-state index contributed by atoms with van der Waals surface area (Å²) in [6.07, 6.45) is 3.27. The van der Waals surface area contributed by atoms with Crippen LogP contribution in [0.3, 0.4) is 0 Å². The Kier molecular flexibility index (Phi) is 3.20. The Balaban J connectivity index is 1.73. The molecular weight excluding hydrogens is 316 g/mol. The molecule has 0 atom stereocenters. The fraction of sp³-hybridized carbons (Fsp3) is 0.0667. The summed E-state index contributed by atoms with van der Waals surface area (Å²) < 4.78 is 7.20. The molecule has 0 aliphatic rings. The average molecular weight is 327 g/mol. The molecule has 0 aliphatic heterocycles. The molecule has 8 heteroatoms. The Morgan fingerprint density at radius 2 is 2.04 bits per heavy atom. The molecule has 0 saturated carbocycles. The number of pyridine rings is 1. The van der Waals surface area contributed by atoms with E-state index in [4.69, 9.17) is 21.8 Å². The van der Waals surface area contributed by atoms with Gasteiger partial charge in [0.1, 0.15) is 11.2 Å². The van der Waals surface area contributed by atoms with Crippen LogP contribution in [0.1, 0.15) is 5.69 Å². The lowest BCUT2D eigenvalue weighted by atomic mass is 10.2. The first-order valence-corrected chi connectivity index (χ1v) is 7.22. The molecule has 0 bridgehead atoms. The fourth-order valence-electron chi connectivity index (χ4n) is 2.36. The maximum Gasteiger partial charge on any atom is 0.226 e. The quantitative estimate of drug-likeness (QED) is 0.581. The van der Waals surface area contributed by atoms with Gasteiger partial charge in [0, 0.05) is 0 Å². The van der Waals surface area contributed by atoms with Crippen LogP contribution in [0.2, 0.25) is 5.28 Å². The van der Waals surface area contributed by atoms with Crippen molar-refractivity contribution < 1.29 is 4.42 Å². The summed E-state index contributed by atoms with van der Waals surface area (Å²) in [5, 5.41) is 0.0917. The van der Waals surface area contributed by atoms with Gasteiger partial charge < -0.3 is 14.7 Å². The van der Waals surface area contributed by atoms with Gasteiger partial charge in [0.25, 0.3) is 0 Å². The first kappa shape index (κ1) is 13.7. The number of anilines is 1. The molecule has 4 heterocycles. The van der Waals surface area contributed by atoms with Crippen LogP contribution in [0.5, 0.6) is 0 Å². The molecular formula is C15H11ClN6O. The number of imidazole rings is 1. The Morgan fingerprint density at radius 1 is 1.13 bits per heavy atom. The molecule has 4 rings (SSSR count). The summed E-state index contributed by atoms with van der Waals surface area (Å²) in [6, 6.07) is 9.44. The number of aromatic nitrogens is 5. The summed E-state index contributed by atoms with van der Waals surface area (Å²) in [4.78, 5) is 16.9. The van der Waals surface area contributed by atoms with Crippen LogP contribution in [-0.2, 0) is 6.54 Å². The summed E-state index contributed by atoms with van der Waals surface area (Å²) >= 11 is 5.88.